The van der Waals surface area contributed by atoms with E-state index < -0.39 is 5.97 Å². The molecule has 0 saturated heterocycles. The number of carboxylic acids is 1. The van der Waals surface area contributed by atoms with Crippen LogP contribution >= 0.6 is 0 Å². The molecule has 0 saturated carbocycles. The number of benzene rings is 1. The van der Waals surface area contributed by atoms with Crippen molar-refractivity contribution in [2.24, 2.45) is 5.73 Å². The van der Waals surface area contributed by atoms with Crippen LogP contribution in [-0.2, 0) is 6.54 Å². The molecular weight excluding hydrogens is 184 g/mol. The Morgan fingerprint density at radius 2 is 2.36 bits per heavy atom. The first-order valence-electron chi connectivity index (χ1n) is 4.04. The summed E-state index contributed by atoms with van der Waals surface area (Å²) in [7, 11) is 0. The van der Waals surface area contributed by atoms with E-state index in [1.807, 2.05) is 0 Å². The highest BCUT2D eigenvalue weighted by molar-refractivity contribution is 6.00. The van der Waals surface area contributed by atoms with Crippen LogP contribution in [0.4, 0.5) is 0 Å². The van der Waals surface area contributed by atoms with E-state index in [-0.39, 0.29) is 5.69 Å². The van der Waals surface area contributed by atoms with Crippen LogP contribution < -0.4 is 5.73 Å². The molecule has 0 unspecified atom stereocenters. The highest BCUT2D eigenvalue weighted by atomic mass is 16.5. The molecule has 5 heteroatoms. The minimum absolute atomic E-state index is 0.0661. The van der Waals surface area contributed by atoms with Gasteiger partial charge in [-0.3, -0.25) is 0 Å². The van der Waals surface area contributed by atoms with E-state index in [2.05, 4.69) is 5.16 Å². The third kappa shape index (κ3) is 1.23. The van der Waals surface area contributed by atoms with Crippen molar-refractivity contribution in [2.75, 3.05) is 0 Å². The van der Waals surface area contributed by atoms with Crippen molar-refractivity contribution in [3.63, 3.8) is 0 Å². The first kappa shape index (κ1) is 8.71. The van der Waals surface area contributed by atoms with Crippen LogP contribution in [0.5, 0.6) is 0 Å². The summed E-state index contributed by atoms with van der Waals surface area (Å²) in [6.45, 7) is 0.388. The van der Waals surface area contributed by atoms with Gasteiger partial charge in [0.15, 0.2) is 11.3 Å². The normalized spacial score (nSPS) is 10.6. The Morgan fingerprint density at radius 1 is 1.57 bits per heavy atom. The standard InChI is InChI=1S/C9H8N2O3/c10-4-5-1-2-6-7(3-5)14-11-8(6)9(12)13/h1-3H,4,10H2,(H,12,13). The van der Waals surface area contributed by atoms with E-state index in [1.165, 1.54) is 0 Å². The average Bonchev–Trinajstić information content (AvgIpc) is 2.59. The summed E-state index contributed by atoms with van der Waals surface area (Å²) >= 11 is 0. The molecular formula is C9H8N2O3. The predicted molar refractivity (Wildman–Crippen MR) is 48.9 cm³/mol. The monoisotopic (exact) mass is 192 g/mol. The zero-order valence-corrected chi connectivity index (χ0v) is 7.23. The number of nitrogens with two attached hydrogens (primary N) is 1. The van der Waals surface area contributed by atoms with Crippen molar-refractivity contribution in [3.8, 4) is 0 Å². The Morgan fingerprint density at radius 3 is 3.00 bits per heavy atom. The van der Waals surface area contributed by atoms with Crippen molar-refractivity contribution in [3.05, 3.63) is 29.5 Å². The number of nitrogens with zero attached hydrogens (tertiary/aromatic N) is 1. The van der Waals surface area contributed by atoms with Gasteiger partial charge in [-0.15, -0.1) is 0 Å². The molecule has 0 aliphatic rings. The molecule has 5 nitrogen and oxygen atoms in total. The van der Waals surface area contributed by atoms with Gasteiger partial charge in [0.1, 0.15) is 0 Å². The average molecular weight is 192 g/mol. The minimum atomic E-state index is -1.09. The summed E-state index contributed by atoms with van der Waals surface area (Å²) < 4.78 is 4.87. The number of hydrogen-bond acceptors (Lipinski definition) is 4. The van der Waals surface area contributed by atoms with Crippen LogP contribution in [0.3, 0.4) is 0 Å². The van der Waals surface area contributed by atoms with Gasteiger partial charge in [-0.05, 0) is 17.7 Å². The molecule has 2 rings (SSSR count). The second-order valence-electron chi connectivity index (χ2n) is 2.87. The number of carbonyl (C=O) groups is 1. The Kier molecular flexibility index (Phi) is 1.94. The van der Waals surface area contributed by atoms with Crippen molar-refractivity contribution >= 4 is 16.9 Å². The van der Waals surface area contributed by atoms with E-state index in [0.29, 0.717) is 17.5 Å². The van der Waals surface area contributed by atoms with Crippen molar-refractivity contribution in [1.29, 1.82) is 0 Å². The number of aromatic nitrogens is 1. The lowest BCUT2D eigenvalue weighted by Crippen LogP contribution is -1.97. The Bertz CT molecular complexity index is 490. The molecule has 1 heterocycles. The summed E-state index contributed by atoms with van der Waals surface area (Å²) in [5.74, 6) is -1.09. The van der Waals surface area contributed by atoms with Crippen LogP contribution in [0, 0.1) is 0 Å². The first-order valence-corrected chi connectivity index (χ1v) is 4.04. The van der Waals surface area contributed by atoms with E-state index in [9.17, 15) is 4.79 Å². The lowest BCUT2D eigenvalue weighted by molar-refractivity contribution is 0.0688. The van der Waals surface area contributed by atoms with E-state index in [1.54, 1.807) is 18.2 Å². The minimum Gasteiger partial charge on any atom is -0.476 e. The molecule has 14 heavy (non-hydrogen) atoms. The van der Waals surface area contributed by atoms with Gasteiger partial charge in [-0.1, -0.05) is 11.2 Å². The smallest absolute Gasteiger partial charge is 0.358 e. The zero-order valence-electron chi connectivity index (χ0n) is 7.23. The van der Waals surface area contributed by atoms with Crippen LogP contribution in [0.15, 0.2) is 22.7 Å². The van der Waals surface area contributed by atoms with Crippen molar-refractivity contribution < 1.29 is 14.4 Å². The first-order chi connectivity index (χ1) is 6.72. The van der Waals surface area contributed by atoms with Crippen LogP contribution in [0.25, 0.3) is 11.0 Å². The Balaban J connectivity index is 2.65. The maximum Gasteiger partial charge on any atom is 0.358 e. The van der Waals surface area contributed by atoms with Crippen LogP contribution in [-0.4, -0.2) is 16.2 Å². The molecule has 1 aromatic heterocycles. The number of fused-ring (bicyclic) bond motifs is 1. The topological polar surface area (TPSA) is 89.4 Å². The summed E-state index contributed by atoms with van der Waals surface area (Å²) in [6, 6.07) is 5.10. The van der Waals surface area contributed by atoms with Gasteiger partial charge >= 0.3 is 5.97 Å². The molecule has 3 N–H and O–H groups in total. The highest BCUT2D eigenvalue weighted by Crippen LogP contribution is 2.19. The second-order valence-corrected chi connectivity index (χ2v) is 2.87. The summed E-state index contributed by atoms with van der Waals surface area (Å²) in [4.78, 5) is 10.7. The van der Waals surface area contributed by atoms with Crippen molar-refractivity contribution in [1.82, 2.24) is 5.16 Å². The number of rotatable bonds is 2. The number of carboxylic acid groups (broad SMARTS) is 1. The molecule has 0 aliphatic heterocycles. The van der Waals surface area contributed by atoms with Gasteiger partial charge < -0.3 is 15.4 Å². The molecule has 0 amide bonds. The van der Waals surface area contributed by atoms with Gasteiger partial charge in [0.05, 0.1) is 5.39 Å². The maximum atomic E-state index is 10.7. The number of hydrogen-bond donors (Lipinski definition) is 2. The molecule has 0 radical (unpaired) electrons. The SMILES string of the molecule is NCc1ccc2c(C(=O)O)noc2c1. The summed E-state index contributed by atoms with van der Waals surface area (Å²) in [6.07, 6.45) is 0. The third-order valence-electron chi connectivity index (χ3n) is 1.97. The van der Waals surface area contributed by atoms with E-state index in [4.69, 9.17) is 15.4 Å². The lowest BCUT2D eigenvalue weighted by atomic mass is 10.1. The molecule has 72 valence electrons. The molecule has 0 aliphatic carbocycles. The van der Waals surface area contributed by atoms with Gasteiger partial charge in [0, 0.05) is 6.54 Å². The Hall–Kier alpha value is -1.88. The highest BCUT2D eigenvalue weighted by Gasteiger charge is 2.14. The quantitative estimate of drug-likeness (QED) is 0.740. The van der Waals surface area contributed by atoms with Gasteiger partial charge in [0.2, 0.25) is 0 Å². The van der Waals surface area contributed by atoms with Gasteiger partial charge in [-0.25, -0.2) is 4.79 Å². The molecule has 0 atom stereocenters. The third-order valence-corrected chi connectivity index (χ3v) is 1.97. The van der Waals surface area contributed by atoms with Crippen LogP contribution in [0.1, 0.15) is 16.1 Å². The summed E-state index contributed by atoms with van der Waals surface area (Å²) in [5, 5.41) is 12.7. The maximum absolute atomic E-state index is 10.7. The van der Waals surface area contributed by atoms with Crippen LogP contribution in [0.2, 0.25) is 0 Å². The largest absolute Gasteiger partial charge is 0.476 e. The second kappa shape index (κ2) is 3.12. The lowest BCUT2D eigenvalue weighted by Gasteiger charge is -1.94. The van der Waals surface area contributed by atoms with E-state index >= 15 is 0 Å². The summed E-state index contributed by atoms with van der Waals surface area (Å²) in [5.41, 5.74) is 6.69. The molecule has 2 aromatic rings. The fourth-order valence-electron chi connectivity index (χ4n) is 1.26. The predicted octanol–water partition coefficient (Wildman–Crippen LogP) is 0.985. The van der Waals surface area contributed by atoms with Gasteiger partial charge in [0.25, 0.3) is 0 Å². The molecule has 0 spiro atoms. The van der Waals surface area contributed by atoms with Gasteiger partial charge in [-0.2, -0.15) is 0 Å². The number of aromatic carboxylic acids is 1. The molecule has 1 aromatic carbocycles. The zero-order chi connectivity index (χ0) is 10.1. The fraction of sp³-hybridized carbons (Fsp3) is 0.111. The van der Waals surface area contributed by atoms with Crippen molar-refractivity contribution in [2.45, 2.75) is 6.54 Å². The molecule has 0 fully saturated rings. The molecule has 0 bridgehead atoms. The van der Waals surface area contributed by atoms with E-state index in [0.717, 1.165) is 5.56 Å². The Labute approximate surface area is 79.1 Å². The fourth-order valence-corrected chi connectivity index (χ4v) is 1.26.